The molecule has 132 valence electrons. The third-order valence-corrected chi connectivity index (χ3v) is 7.50. The molecule has 2 fully saturated rings. The number of hydrogen-bond acceptors (Lipinski definition) is 3. The van der Waals surface area contributed by atoms with Gasteiger partial charge in [-0.25, -0.2) is 12.8 Å². The van der Waals surface area contributed by atoms with Crippen molar-refractivity contribution >= 4 is 15.8 Å². The summed E-state index contributed by atoms with van der Waals surface area (Å²) >= 11 is 0. The fraction of sp³-hybridized carbons (Fsp3) is 0.588. The number of halogens is 1. The molecule has 0 aromatic heterocycles. The number of hydrogen-bond donors (Lipinski definition) is 1. The highest BCUT2D eigenvalue weighted by molar-refractivity contribution is 7.92. The van der Waals surface area contributed by atoms with Crippen LogP contribution in [-0.4, -0.2) is 56.0 Å². The Labute approximate surface area is 142 Å². The lowest BCUT2D eigenvalue weighted by Gasteiger charge is -2.39. The molecule has 1 aromatic carbocycles. The first kappa shape index (κ1) is 17.2. The Balaban J connectivity index is 1.66. The number of aliphatic imine (C=N–C) groups is 1. The molecule has 3 rings (SSSR count). The Bertz CT molecular complexity index is 761. The zero-order valence-electron chi connectivity index (χ0n) is 14.3. The van der Waals surface area contributed by atoms with E-state index in [0.717, 1.165) is 12.0 Å². The molecule has 1 aromatic rings. The van der Waals surface area contributed by atoms with Crippen LogP contribution < -0.4 is 5.32 Å². The summed E-state index contributed by atoms with van der Waals surface area (Å²) in [5.41, 5.74) is 0.729. The average Bonchev–Trinajstić information content (AvgIpc) is 3.27. The van der Waals surface area contributed by atoms with E-state index < -0.39 is 14.6 Å². The van der Waals surface area contributed by atoms with Gasteiger partial charge in [-0.15, -0.1) is 0 Å². The highest BCUT2D eigenvalue weighted by Crippen LogP contribution is 2.42. The second-order valence-corrected chi connectivity index (χ2v) is 9.90. The van der Waals surface area contributed by atoms with Gasteiger partial charge in [0.25, 0.3) is 0 Å². The van der Waals surface area contributed by atoms with E-state index >= 15 is 0 Å². The quantitative estimate of drug-likeness (QED) is 0.650. The normalized spacial score (nSPS) is 28.5. The Kier molecular flexibility index (Phi) is 4.32. The zero-order valence-corrected chi connectivity index (χ0v) is 15.1. The molecular formula is C17H24FN3O2S. The van der Waals surface area contributed by atoms with E-state index in [4.69, 9.17) is 0 Å². The van der Waals surface area contributed by atoms with Gasteiger partial charge in [-0.1, -0.05) is 18.2 Å². The van der Waals surface area contributed by atoms with Crippen LogP contribution in [0.2, 0.25) is 0 Å². The lowest BCUT2D eigenvalue weighted by molar-refractivity contribution is 0.353. The predicted molar refractivity (Wildman–Crippen MR) is 93.5 cm³/mol. The SMILES string of the molecule is CN=C(NC1CC1c1ccccc1F)N1CCS(=O)(=O)C(C)(C)C1. The number of guanidine groups is 1. The van der Waals surface area contributed by atoms with E-state index in [0.29, 0.717) is 19.0 Å². The number of nitrogens with one attached hydrogen (secondary N) is 1. The van der Waals surface area contributed by atoms with Crippen molar-refractivity contribution in [3.05, 3.63) is 35.6 Å². The minimum Gasteiger partial charge on any atom is -0.353 e. The maximum atomic E-state index is 13.9. The third kappa shape index (κ3) is 3.14. The molecule has 0 spiro atoms. The molecule has 7 heteroatoms. The van der Waals surface area contributed by atoms with Crippen LogP contribution in [0, 0.1) is 5.82 Å². The monoisotopic (exact) mass is 353 g/mol. The fourth-order valence-corrected chi connectivity index (χ4v) is 4.63. The Morgan fingerprint density at radius 1 is 1.38 bits per heavy atom. The summed E-state index contributed by atoms with van der Waals surface area (Å²) in [7, 11) is -1.39. The number of sulfone groups is 1. The minimum absolute atomic E-state index is 0.127. The molecule has 1 aliphatic carbocycles. The number of benzene rings is 1. The summed E-state index contributed by atoms with van der Waals surface area (Å²) in [5.74, 6) is 0.792. The van der Waals surface area contributed by atoms with Gasteiger partial charge in [0.15, 0.2) is 15.8 Å². The molecule has 2 aliphatic rings. The zero-order chi connectivity index (χ0) is 17.5. The van der Waals surface area contributed by atoms with E-state index in [-0.39, 0.29) is 23.5 Å². The minimum atomic E-state index is -3.08. The van der Waals surface area contributed by atoms with Gasteiger partial charge in [-0.2, -0.15) is 0 Å². The van der Waals surface area contributed by atoms with Crippen molar-refractivity contribution in [1.29, 1.82) is 0 Å². The first-order chi connectivity index (χ1) is 11.2. The smallest absolute Gasteiger partial charge is 0.193 e. The summed E-state index contributed by atoms with van der Waals surface area (Å²) < 4.78 is 37.4. The maximum absolute atomic E-state index is 13.9. The van der Waals surface area contributed by atoms with Crippen LogP contribution in [-0.2, 0) is 9.84 Å². The standard InChI is InChI=1S/C17H24FN3O2S/c1-17(2)11-21(8-9-24(17,22)23)16(19-3)20-15-10-13(15)12-6-4-5-7-14(12)18/h4-7,13,15H,8-11H2,1-3H3,(H,19,20). The van der Waals surface area contributed by atoms with Crippen molar-refractivity contribution in [2.45, 2.75) is 37.0 Å². The van der Waals surface area contributed by atoms with E-state index in [1.54, 1.807) is 27.0 Å². The van der Waals surface area contributed by atoms with Crippen molar-refractivity contribution in [2.75, 3.05) is 25.9 Å². The van der Waals surface area contributed by atoms with Gasteiger partial charge in [0.05, 0.1) is 10.5 Å². The van der Waals surface area contributed by atoms with Crippen molar-refractivity contribution < 1.29 is 12.8 Å². The van der Waals surface area contributed by atoms with E-state index in [2.05, 4.69) is 10.3 Å². The van der Waals surface area contributed by atoms with E-state index in [9.17, 15) is 12.8 Å². The summed E-state index contributed by atoms with van der Waals surface area (Å²) in [4.78, 5) is 6.28. The van der Waals surface area contributed by atoms with Crippen molar-refractivity contribution in [2.24, 2.45) is 4.99 Å². The van der Waals surface area contributed by atoms with E-state index in [1.807, 2.05) is 17.0 Å². The van der Waals surface area contributed by atoms with Crippen LogP contribution in [0.3, 0.4) is 0 Å². The second kappa shape index (κ2) is 6.02. The highest BCUT2D eigenvalue weighted by atomic mass is 32.2. The molecule has 0 radical (unpaired) electrons. The molecule has 2 unspecified atom stereocenters. The lowest BCUT2D eigenvalue weighted by atomic mass is 10.1. The number of rotatable bonds is 2. The molecule has 1 heterocycles. The van der Waals surface area contributed by atoms with E-state index in [1.165, 1.54) is 6.07 Å². The van der Waals surface area contributed by atoms with Crippen molar-refractivity contribution in [3.63, 3.8) is 0 Å². The molecule has 1 saturated heterocycles. The molecule has 0 amide bonds. The topological polar surface area (TPSA) is 61.8 Å². The largest absolute Gasteiger partial charge is 0.353 e. The maximum Gasteiger partial charge on any atom is 0.193 e. The molecular weight excluding hydrogens is 329 g/mol. The molecule has 1 saturated carbocycles. The number of nitrogens with zero attached hydrogens (tertiary/aromatic N) is 2. The first-order valence-corrected chi connectivity index (χ1v) is 9.85. The van der Waals surface area contributed by atoms with Gasteiger partial charge < -0.3 is 10.2 Å². The van der Waals surface area contributed by atoms with Crippen LogP contribution in [0.15, 0.2) is 29.3 Å². The molecule has 24 heavy (non-hydrogen) atoms. The average molecular weight is 353 g/mol. The summed E-state index contributed by atoms with van der Waals surface area (Å²) in [5, 5.41) is 3.37. The lowest BCUT2D eigenvalue weighted by Crippen LogP contribution is -2.57. The summed E-state index contributed by atoms with van der Waals surface area (Å²) in [6, 6.07) is 6.99. The van der Waals surface area contributed by atoms with Crippen LogP contribution in [0.1, 0.15) is 31.7 Å². The predicted octanol–water partition coefficient (Wildman–Crippen LogP) is 1.77. The van der Waals surface area contributed by atoms with Gasteiger partial charge in [-0.3, -0.25) is 4.99 Å². The summed E-state index contributed by atoms with van der Waals surface area (Å²) in [6.07, 6.45) is 0.857. The molecule has 1 N–H and O–H groups in total. The molecule has 2 atom stereocenters. The van der Waals surface area contributed by atoms with Gasteiger partial charge in [-0.05, 0) is 31.9 Å². The fourth-order valence-electron chi connectivity index (χ4n) is 3.26. The van der Waals surface area contributed by atoms with Gasteiger partial charge >= 0.3 is 0 Å². The van der Waals surface area contributed by atoms with Crippen LogP contribution in [0.5, 0.6) is 0 Å². The van der Waals surface area contributed by atoms with Crippen molar-refractivity contribution in [3.8, 4) is 0 Å². The summed E-state index contributed by atoms with van der Waals surface area (Å²) in [6.45, 7) is 4.34. The highest BCUT2D eigenvalue weighted by Gasteiger charge is 2.44. The van der Waals surface area contributed by atoms with Crippen molar-refractivity contribution in [1.82, 2.24) is 10.2 Å². The Morgan fingerprint density at radius 2 is 2.08 bits per heavy atom. The molecule has 0 bridgehead atoms. The third-order valence-electron chi connectivity index (χ3n) is 4.96. The van der Waals surface area contributed by atoms with Gasteiger partial charge in [0, 0.05) is 32.1 Å². The van der Waals surface area contributed by atoms with Gasteiger partial charge in [0.1, 0.15) is 5.82 Å². The molecule has 5 nitrogen and oxygen atoms in total. The van der Waals surface area contributed by atoms with Crippen LogP contribution in [0.4, 0.5) is 4.39 Å². The van der Waals surface area contributed by atoms with Gasteiger partial charge in [0.2, 0.25) is 0 Å². The van der Waals surface area contributed by atoms with Crippen LogP contribution in [0.25, 0.3) is 0 Å². The first-order valence-electron chi connectivity index (χ1n) is 8.20. The Morgan fingerprint density at radius 3 is 2.71 bits per heavy atom. The van der Waals surface area contributed by atoms with Crippen LogP contribution >= 0.6 is 0 Å². The Hall–Kier alpha value is -1.63. The second-order valence-electron chi connectivity index (χ2n) is 7.16. The molecule has 1 aliphatic heterocycles.